The third kappa shape index (κ3) is 4.04. The van der Waals surface area contributed by atoms with Gasteiger partial charge >= 0.3 is 0 Å². The Kier molecular flexibility index (Phi) is 5.08. The van der Waals surface area contributed by atoms with Crippen molar-refractivity contribution in [2.45, 2.75) is 4.90 Å². The third-order valence-corrected chi connectivity index (χ3v) is 6.79. The van der Waals surface area contributed by atoms with Crippen molar-refractivity contribution in [3.05, 3.63) is 81.3 Å². The maximum absolute atomic E-state index is 12.8. The molecule has 0 amide bonds. The van der Waals surface area contributed by atoms with Gasteiger partial charge in [0.1, 0.15) is 21.8 Å². The molecule has 0 aliphatic heterocycles. The number of hydrogen-bond donors (Lipinski definition) is 1. The quantitative estimate of drug-likeness (QED) is 0.408. The zero-order chi connectivity index (χ0) is 23.2. The molecule has 9 nitrogen and oxygen atoms in total. The predicted molar refractivity (Wildman–Crippen MR) is 123 cm³/mol. The Hall–Kier alpha value is -3.80. The smallest absolute Gasteiger partial charge is 0.291 e. The average Bonchev–Trinajstić information content (AvgIpc) is 3.51. The minimum Gasteiger partial charge on any atom is -0.497 e. The number of benzene rings is 2. The number of furan rings is 1. The number of fused-ring (bicyclic) bond motifs is 1. The Morgan fingerprint density at radius 2 is 1.73 bits per heavy atom. The molecule has 0 bridgehead atoms. The van der Waals surface area contributed by atoms with Gasteiger partial charge in [-0.25, -0.2) is 13.6 Å². The van der Waals surface area contributed by atoms with Crippen molar-refractivity contribution >= 4 is 32.4 Å². The lowest BCUT2D eigenvalue weighted by molar-refractivity contribution is 0.415. The van der Waals surface area contributed by atoms with Crippen LogP contribution in [0.4, 0.5) is 0 Å². The number of aromatic nitrogens is 3. The summed E-state index contributed by atoms with van der Waals surface area (Å²) in [7, 11) is -2.17. The monoisotopic (exact) mass is 480 g/mol. The SMILES string of the molecule is COc1ccc(-c2nc3s/c(=C/c4ccc(-c5ccc(S(N)(=O)=O)cc5)o4)c(=O)n3n2)cc1. The van der Waals surface area contributed by atoms with Crippen LogP contribution in [0.3, 0.4) is 0 Å². The van der Waals surface area contributed by atoms with E-state index in [9.17, 15) is 13.2 Å². The number of methoxy groups -OCH3 is 1. The summed E-state index contributed by atoms with van der Waals surface area (Å²) in [5.41, 5.74) is 1.16. The standard InChI is InChI=1S/C22H16N4O5S2/c1-30-15-6-2-14(3-7-15)20-24-22-26(25-20)21(27)19(32-22)12-16-8-11-18(31-16)13-4-9-17(10-5-13)33(23,28)29/h2-12H,1H3,(H2,23,28,29)/b19-12+. The van der Waals surface area contributed by atoms with Gasteiger partial charge in [0.15, 0.2) is 5.82 Å². The molecular weight excluding hydrogens is 464 g/mol. The summed E-state index contributed by atoms with van der Waals surface area (Å²) in [4.78, 5) is 17.7. The summed E-state index contributed by atoms with van der Waals surface area (Å²) in [6, 6.07) is 16.8. The molecule has 3 aromatic heterocycles. The number of nitrogens with two attached hydrogens (primary N) is 1. The van der Waals surface area contributed by atoms with E-state index in [-0.39, 0.29) is 10.5 Å². The van der Waals surface area contributed by atoms with Gasteiger partial charge in [-0.05, 0) is 60.7 Å². The lowest BCUT2D eigenvalue weighted by atomic mass is 10.2. The molecular formula is C22H16N4O5S2. The Labute approximate surface area is 191 Å². The summed E-state index contributed by atoms with van der Waals surface area (Å²) in [5.74, 6) is 2.17. The maximum atomic E-state index is 12.8. The lowest BCUT2D eigenvalue weighted by Crippen LogP contribution is -2.23. The molecule has 3 heterocycles. The normalized spacial score (nSPS) is 12.5. The van der Waals surface area contributed by atoms with Crippen molar-refractivity contribution in [2.75, 3.05) is 7.11 Å². The van der Waals surface area contributed by atoms with Crippen LogP contribution in [0, 0.1) is 0 Å². The van der Waals surface area contributed by atoms with Crippen LogP contribution in [0.2, 0.25) is 0 Å². The van der Waals surface area contributed by atoms with Crippen molar-refractivity contribution < 1.29 is 17.6 Å². The first kappa shape index (κ1) is 21.1. The van der Waals surface area contributed by atoms with Crippen molar-refractivity contribution in [1.29, 1.82) is 0 Å². The van der Waals surface area contributed by atoms with Crippen LogP contribution in [-0.2, 0) is 10.0 Å². The second-order valence-corrected chi connectivity index (χ2v) is 9.62. The summed E-state index contributed by atoms with van der Waals surface area (Å²) in [5, 5.41) is 9.46. The largest absolute Gasteiger partial charge is 0.497 e. The zero-order valence-electron chi connectivity index (χ0n) is 17.1. The number of primary sulfonamides is 1. The molecule has 0 saturated carbocycles. The van der Waals surface area contributed by atoms with Gasteiger partial charge in [-0.15, -0.1) is 5.10 Å². The highest BCUT2D eigenvalue weighted by molar-refractivity contribution is 7.89. The van der Waals surface area contributed by atoms with Crippen molar-refractivity contribution in [3.63, 3.8) is 0 Å². The molecule has 2 N–H and O–H groups in total. The van der Waals surface area contributed by atoms with E-state index >= 15 is 0 Å². The molecule has 0 aliphatic carbocycles. The highest BCUT2D eigenvalue weighted by Crippen LogP contribution is 2.24. The summed E-state index contributed by atoms with van der Waals surface area (Å²) >= 11 is 1.21. The first-order chi connectivity index (χ1) is 15.8. The van der Waals surface area contributed by atoms with Gasteiger partial charge in [0, 0.05) is 17.2 Å². The first-order valence-corrected chi connectivity index (χ1v) is 12.0. The van der Waals surface area contributed by atoms with E-state index in [1.54, 1.807) is 49.6 Å². The molecule has 0 spiro atoms. The maximum Gasteiger partial charge on any atom is 0.291 e. The second kappa shape index (κ2) is 7.96. The molecule has 33 heavy (non-hydrogen) atoms. The van der Waals surface area contributed by atoms with E-state index in [0.29, 0.717) is 32.4 Å². The fourth-order valence-corrected chi connectivity index (χ4v) is 4.62. The van der Waals surface area contributed by atoms with Gasteiger partial charge in [-0.1, -0.05) is 11.3 Å². The Morgan fingerprint density at radius 1 is 1.03 bits per heavy atom. The second-order valence-electron chi connectivity index (χ2n) is 7.05. The van der Waals surface area contributed by atoms with E-state index in [1.807, 2.05) is 12.1 Å². The summed E-state index contributed by atoms with van der Waals surface area (Å²) in [6.45, 7) is 0. The van der Waals surface area contributed by atoms with Crippen LogP contribution < -0.4 is 20.0 Å². The average molecular weight is 481 g/mol. The lowest BCUT2D eigenvalue weighted by Gasteiger charge is -2.00. The number of rotatable bonds is 5. The number of ether oxygens (including phenoxy) is 1. The number of sulfonamides is 1. The fourth-order valence-electron chi connectivity index (χ4n) is 3.22. The van der Waals surface area contributed by atoms with Gasteiger partial charge in [0.2, 0.25) is 15.0 Å². The molecule has 0 saturated heterocycles. The van der Waals surface area contributed by atoms with Crippen molar-refractivity contribution in [2.24, 2.45) is 5.14 Å². The van der Waals surface area contributed by atoms with Crippen LogP contribution in [0.5, 0.6) is 5.75 Å². The highest BCUT2D eigenvalue weighted by atomic mass is 32.2. The van der Waals surface area contributed by atoms with Crippen LogP contribution in [-0.4, -0.2) is 30.1 Å². The molecule has 11 heteroatoms. The predicted octanol–water partition coefficient (Wildman–Crippen LogP) is 2.28. The first-order valence-electron chi connectivity index (χ1n) is 9.60. The molecule has 5 rings (SSSR count). The van der Waals surface area contributed by atoms with Gasteiger partial charge in [-0.2, -0.15) is 9.50 Å². The molecule has 2 aromatic carbocycles. The summed E-state index contributed by atoms with van der Waals surface area (Å²) < 4.78 is 35.5. The number of hydrogen-bond acceptors (Lipinski definition) is 8. The topological polar surface area (TPSA) is 130 Å². The Morgan fingerprint density at radius 3 is 2.36 bits per heavy atom. The van der Waals surface area contributed by atoms with Crippen LogP contribution in [0.25, 0.3) is 33.7 Å². The Balaban J connectivity index is 1.45. The number of thiazole rings is 1. The Bertz CT molecular complexity index is 1680. The van der Waals surface area contributed by atoms with Gasteiger partial charge in [0.25, 0.3) is 5.56 Å². The van der Waals surface area contributed by atoms with Gasteiger partial charge in [0.05, 0.1) is 12.0 Å². The molecule has 0 unspecified atom stereocenters. The van der Waals surface area contributed by atoms with E-state index in [1.165, 1.54) is 28.0 Å². The molecule has 166 valence electrons. The zero-order valence-corrected chi connectivity index (χ0v) is 18.8. The highest BCUT2D eigenvalue weighted by Gasteiger charge is 2.13. The molecule has 0 radical (unpaired) electrons. The van der Waals surface area contributed by atoms with E-state index in [4.69, 9.17) is 14.3 Å². The van der Waals surface area contributed by atoms with Gasteiger partial charge in [-0.3, -0.25) is 4.79 Å². The number of nitrogens with zero attached hydrogens (tertiary/aromatic N) is 3. The van der Waals surface area contributed by atoms with E-state index in [0.717, 1.165) is 11.3 Å². The van der Waals surface area contributed by atoms with Crippen molar-refractivity contribution in [1.82, 2.24) is 14.6 Å². The van der Waals surface area contributed by atoms with E-state index < -0.39 is 10.0 Å². The van der Waals surface area contributed by atoms with Crippen molar-refractivity contribution in [3.8, 4) is 28.5 Å². The summed E-state index contributed by atoms with van der Waals surface area (Å²) in [6.07, 6.45) is 1.62. The van der Waals surface area contributed by atoms with Crippen LogP contribution in [0.15, 0.2) is 74.8 Å². The third-order valence-electron chi connectivity index (χ3n) is 4.90. The molecule has 5 aromatic rings. The molecule has 0 fully saturated rings. The van der Waals surface area contributed by atoms with Crippen LogP contribution >= 0.6 is 11.3 Å². The van der Waals surface area contributed by atoms with Crippen LogP contribution in [0.1, 0.15) is 5.76 Å². The minimum absolute atomic E-state index is 0.0176. The van der Waals surface area contributed by atoms with E-state index in [2.05, 4.69) is 10.1 Å². The minimum atomic E-state index is -3.76. The molecule has 0 atom stereocenters. The van der Waals surface area contributed by atoms with Gasteiger partial charge < -0.3 is 9.15 Å². The molecule has 0 aliphatic rings. The fraction of sp³-hybridized carbons (Fsp3) is 0.0455.